The summed E-state index contributed by atoms with van der Waals surface area (Å²) < 4.78 is 0. The van der Waals surface area contributed by atoms with Gasteiger partial charge in [-0.25, -0.2) is 0 Å². The van der Waals surface area contributed by atoms with Gasteiger partial charge in [-0.05, 0) is 31.3 Å². The molecule has 1 rings (SSSR count). The van der Waals surface area contributed by atoms with Gasteiger partial charge >= 0.3 is 0 Å². The molecular formula is C14H23ClN4. The van der Waals surface area contributed by atoms with E-state index in [9.17, 15) is 0 Å². The van der Waals surface area contributed by atoms with E-state index in [1.54, 1.807) is 7.05 Å². The van der Waals surface area contributed by atoms with Crippen LogP contribution in [0.25, 0.3) is 0 Å². The number of nitrogens with one attached hydrogen (secondary N) is 2. The smallest absolute Gasteiger partial charge is 0.191 e. The zero-order valence-corrected chi connectivity index (χ0v) is 12.7. The zero-order valence-electron chi connectivity index (χ0n) is 11.9. The highest BCUT2D eigenvalue weighted by atomic mass is 35.5. The van der Waals surface area contributed by atoms with Gasteiger partial charge in [0.15, 0.2) is 5.96 Å². The molecule has 0 bridgehead atoms. The van der Waals surface area contributed by atoms with Crippen LogP contribution < -0.4 is 10.6 Å². The van der Waals surface area contributed by atoms with Gasteiger partial charge in [-0.15, -0.1) is 0 Å². The summed E-state index contributed by atoms with van der Waals surface area (Å²) in [5.41, 5.74) is 1.18. The first kappa shape index (κ1) is 15.8. The summed E-state index contributed by atoms with van der Waals surface area (Å²) in [7, 11) is 3.88. The molecule has 2 N–H and O–H groups in total. The van der Waals surface area contributed by atoms with E-state index in [1.807, 2.05) is 24.3 Å². The molecule has 0 fully saturated rings. The molecule has 0 aliphatic carbocycles. The van der Waals surface area contributed by atoms with Crippen molar-refractivity contribution >= 4 is 17.6 Å². The van der Waals surface area contributed by atoms with E-state index in [0.717, 1.165) is 37.2 Å². The van der Waals surface area contributed by atoms with E-state index in [-0.39, 0.29) is 0 Å². The third kappa shape index (κ3) is 6.45. The summed E-state index contributed by atoms with van der Waals surface area (Å²) in [6.45, 7) is 5.81. The topological polar surface area (TPSA) is 39.7 Å². The minimum Gasteiger partial charge on any atom is -0.355 e. The molecule has 0 heterocycles. The monoisotopic (exact) mass is 282 g/mol. The van der Waals surface area contributed by atoms with Crippen LogP contribution in [0.15, 0.2) is 29.3 Å². The maximum atomic E-state index is 5.85. The number of aliphatic imine (C=N–C) groups is 1. The first-order valence-electron chi connectivity index (χ1n) is 6.53. The van der Waals surface area contributed by atoms with E-state index < -0.39 is 0 Å². The molecule has 1 aromatic carbocycles. The Kier molecular flexibility index (Phi) is 7.30. The average Bonchev–Trinajstić information content (AvgIpc) is 2.44. The third-order valence-electron chi connectivity index (χ3n) is 2.92. The summed E-state index contributed by atoms with van der Waals surface area (Å²) in [5, 5.41) is 7.32. The molecule has 0 radical (unpaired) electrons. The first-order valence-corrected chi connectivity index (χ1v) is 6.91. The minimum atomic E-state index is 0.737. The molecule has 0 aromatic heterocycles. The Balaban J connectivity index is 2.31. The standard InChI is InChI=1S/C14H23ClN4/c1-4-19(3)10-9-17-14(16-2)18-11-12-5-7-13(15)8-6-12/h5-8H,4,9-11H2,1-3H3,(H2,16,17,18). The number of benzene rings is 1. The van der Waals surface area contributed by atoms with Gasteiger partial charge < -0.3 is 15.5 Å². The molecule has 0 aliphatic rings. The highest BCUT2D eigenvalue weighted by molar-refractivity contribution is 6.30. The number of guanidine groups is 1. The van der Waals surface area contributed by atoms with Gasteiger partial charge in [0.2, 0.25) is 0 Å². The average molecular weight is 283 g/mol. The zero-order chi connectivity index (χ0) is 14.1. The summed E-state index contributed by atoms with van der Waals surface area (Å²) in [6.07, 6.45) is 0. The molecule has 19 heavy (non-hydrogen) atoms. The first-order chi connectivity index (χ1) is 9.15. The lowest BCUT2D eigenvalue weighted by atomic mass is 10.2. The van der Waals surface area contributed by atoms with Crippen LogP contribution in [0, 0.1) is 0 Å². The molecule has 0 saturated carbocycles. The Morgan fingerprint density at radius 2 is 1.95 bits per heavy atom. The predicted molar refractivity (Wildman–Crippen MR) is 82.8 cm³/mol. The van der Waals surface area contributed by atoms with Crippen LogP contribution in [-0.2, 0) is 6.54 Å². The second kappa shape index (κ2) is 8.77. The summed E-state index contributed by atoms with van der Waals surface area (Å²) in [6, 6.07) is 7.80. The van der Waals surface area contributed by atoms with Crippen LogP contribution in [0.5, 0.6) is 0 Å². The molecule has 106 valence electrons. The number of nitrogens with zero attached hydrogens (tertiary/aromatic N) is 2. The maximum Gasteiger partial charge on any atom is 0.191 e. The minimum absolute atomic E-state index is 0.737. The van der Waals surface area contributed by atoms with Crippen LogP contribution >= 0.6 is 11.6 Å². The van der Waals surface area contributed by atoms with Crippen LogP contribution in [-0.4, -0.2) is 44.6 Å². The Morgan fingerprint density at radius 3 is 2.53 bits per heavy atom. The summed E-state index contributed by atoms with van der Waals surface area (Å²) in [5.74, 6) is 0.819. The van der Waals surface area contributed by atoms with E-state index in [4.69, 9.17) is 11.6 Å². The lowest BCUT2D eigenvalue weighted by molar-refractivity contribution is 0.357. The van der Waals surface area contributed by atoms with Gasteiger partial charge in [0, 0.05) is 31.7 Å². The lowest BCUT2D eigenvalue weighted by Crippen LogP contribution is -2.40. The largest absolute Gasteiger partial charge is 0.355 e. The molecular weight excluding hydrogens is 260 g/mol. The Hall–Kier alpha value is -1.26. The number of likely N-dealkylation sites (N-methyl/N-ethyl adjacent to an activating group) is 1. The van der Waals surface area contributed by atoms with Gasteiger partial charge in [-0.1, -0.05) is 30.7 Å². The van der Waals surface area contributed by atoms with Crippen molar-refractivity contribution in [2.75, 3.05) is 33.7 Å². The maximum absolute atomic E-state index is 5.85. The summed E-state index contributed by atoms with van der Waals surface area (Å²) >= 11 is 5.85. The molecule has 4 nitrogen and oxygen atoms in total. The van der Waals surface area contributed by atoms with Crippen LogP contribution in [0.4, 0.5) is 0 Å². The van der Waals surface area contributed by atoms with Crippen molar-refractivity contribution in [3.63, 3.8) is 0 Å². The van der Waals surface area contributed by atoms with Gasteiger partial charge in [0.25, 0.3) is 0 Å². The molecule has 0 amide bonds. The van der Waals surface area contributed by atoms with Crippen molar-refractivity contribution in [2.45, 2.75) is 13.5 Å². The van der Waals surface area contributed by atoms with Crippen molar-refractivity contribution in [1.29, 1.82) is 0 Å². The molecule has 1 aromatic rings. The molecule has 0 spiro atoms. The molecule has 0 atom stereocenters. The van der Waals surface area contributed by atoms with Gasteiger partial charge in [0.1, 0.15) is 0 Å². The lowest BCUT2D eigenvalue weighted by Gasteiger charge is -2.16. The fourth-order valence-corrected chi connectivity index (χ4v) is 1.66. The molecule has 5 heteroatoms. The Bertz CT molecular complexity index is 389. The highest BCUT2D eigenvalue weighted by Gasteiger charge is 1.99. The quantitative estimate of drug-likeness (QED) is 0.619. The normalized spacial score (nSPS) is 11.7. The Labute approximate surface area is 120 Å². The predicted octanol–water partition coefficient (Wildman–Crippen LogP) is 1.96. The van der Waals surface area contributed by atoms with Crippen molar-refractivity contribution < 1.29 is 0 Å². The second-order valence-corrected chi connectivity index (χ2v) is 4.81. The SMILES string of the molecule is CCN(C)CCNC(=NC)NCc1ccc(Cl)cc1. The van der Waals surface area contributed by atoms with Crippen LogP contribution in [0.1, 0.15) is 12.5 Å². The molecule has 0 saturated heterocycles. The third-order valence-corrected chi connectivity index (χ3v) is 3.17. The second-order valence-electron chi connectivity index (χ2n) is 4.37. The van der Waals surface area contributed by atoms with Crippen molar-refractivity contribution in [3.05, 3.63) is 34.9 Å². The highest BCUT2D eigenvalue weighted by Crippen LogP contribution is 2.08. The number of halogens is 1. The van der Waals surface area contributed by atoms with Crippen molar-refractivity contribution in [2.24, 2.45) is 4.99 Å². The number of rotatable bonds is 6. The Morgan fingerprint density at radius 1 is 1.26 bits per heavy atom. The van der Waals surface area contributed by atoms with Crippen LogP contribution in [0.2, 0.25) is 5.02 Å². The van der Waals surface area contributed by atoms with Crippen molar-refractivity contribution in [1.82, 2.24) is 15.5 Å². The van der Waals surface area contributed by atoms with Gasteiger partial charge in [-0.3, -0.25) is 4.99 Å². The van der Waals surface area contributed by atoms with Gasteiger partial charge in [0.05, 0.1) is 0 Å². The van der Waals surface area contributed by atoms with E-state index >= 15 is 0 Å². The van der Waals surface area contributed by atoms with Gasteiger partial charge in [-0.2, -0.15) is 0 Å². The van der Waals surface area contributed by atoms with Crippen molar-refractivity contribution in [3.8, 4) is 0 Å². The van der Waals surface area contributed by atoms with Crippen LogP contribution in [0.3, 0.4) is 0 Å². The van der Waals surface area contributed by atoms with E-state index in [2.05, 4.69) is 34.5 Å². The number of hydrogen-bond donors (Lipinski definition) is 2. The summed E-state index contributed by atoms with van der Waals surface area (Å²) in [4.78, 5) is 6.44. The van der Waals surface area contributed by atoms with E-state index in [0.29, 0.717) is 0 Å². The molecule has 0 aliphatic heterocycles. The fourth-order valence-electron chi connectivity index (χ4n) is 1.53. The fraction of sp³-hybridized carbons (Fsp3) is 0.500. The molecule has 0 unspecified atom stereocenters. The van der Waals surface area contributed by atoms with E-state index in [1.165, 1.54) is 5.56 Å². The number of hydrogen-bond acceptors (Lipinski definition) is 2.